The predicted molar refractivity (Wildman–Crippen MR) is 63.3 cm³/mol. The molecule has 1 aromatic carbocycles. The van der Waals surface area contributed by atoms with E-state index < -0.39 is 5.82 Å². The number of benzene rings is 1. The summed E-state index contributed by atoms with van der Waals surface area (Å²) in [5, 5.41) is 0.0303. The molecule has 1 amide bonds. The zero-order valence-electron chi connectivity index (χ0n) is 9.41. The summed E-state index contributed by atoms with van der Waals surface area (Å²) in [5.41, 5.74) is 0.365. The van der Waals surface area contributed by atoms with Gasteiger partial charge in [-0.05, 0) is 31.5 Å². The quantitative estimate of drug-likeness (QED) is 0.745. The molecule has 1 atom stereocenters. The summed E-state index contributed by atoms with van der Waals surface area (Å²) in [6, 6.07) is 5.69. The van der Waals surface area contributed by atoms with Crippen molar-refractivity contribution in [2.24, 2.45) is 0 Å². The van der Waals surface area contributed by atoms with E-state index in [1.807, 2.05) is 6.92 Å². The van der Waals surface area contributed by atoms with E-state index in [1.54, 1.807) is 18.0 Å². The number of alkyl halides is 1. The van der Waals surface area contributed by atoms with Gasteiger partial charge in [-0.2, -0.15) is 0 Å². The summed E-state index contributed by atoms with van der Waals surface area (Å²) < 4.78 is 12.9. The van der Waals surface area contributed by atoms with Gasteiger partial charge in [0.15, 0.2) is 0 Å². The summed E-state index contributed by atoms with van der Waals surface area (Å²) in [6.45, 7) is 2.45. The van der Waals surface area contributed by atoms with E-state index in [0.29, 0.717) is 12.1 Å². The normalized spacial score (nSPS) is 12.2. The van der Waals surface area contributed by atoms with E-state index in [0.717, 1.165) is 6.42 Å². The minimum absolute atomic E-state index is 0.0303. The highest BCUT2D eigenvalue weighted by Gasteiger charge is 2.12. The highest BCUT2D eigenvalue weighted by Crippen LogP contribution is 2.08. The fraction of sp³-hybridized carbons (Fsp3) is 0.417. The molecule has 88 valence electrons. The van der Waals surface area contributed by atoms with Gasteiger partial charge in [-0.25, -0.2) is 4.39 Å². The molecular formula is C12H15ClFNO. The van der Waals surface area contributed by atoms with Crippen LogP contribution in [0.15, 0.2) is 24.3 Å². The maximum absolute atomic E-state index is 12.9. The zero-order chi connectivity index (χ0) is 12.1. The smallest absolute Gasteiger partial charge is 0.253 e. The van der Waals surface area contributed by atoms with E-state index >= 15 is 0 Å². The van der Waals surface area contributed by atoms with Crippen molar-refractivity contribution >= 4 is 17.5 Å². The number of nitrogens with zero attached hydrogens (tertiary/aromatic N) is 1. The Hall–Kier alpha value is -1.09. The second kappa shape index (κ2) is 5.85. The third-order valence-corrected chi connectivity index (χ3v) is 2.50. The van der Waals surface area contributed by atoms with E-state index in [1.165, 1.54) is 18.2 Å². The second-order valence-electron chi connectivity index (χ2n) is 3.81. The van der Waals surface area contributed by atoms with Crippen LogP contribution >= 0.6 is 11.6 Å². The first-order chi connectivity index (χ1) is 7.50. The van der Waals surface area contributed by atoms with Crippen LogP contribution in [0.5, 0.6) is 0 Å². The molecule has 0 aromatic heterocycles. The maximum Gasteiger partial charge on any atom is 0.253 e. The first-order valence-electron chi connectivity index (χ1n) is 5.16. The summed E-state index contributed by atoms with van der Waals surface area (Å²) in [5.74, 6) is -0.582. The lowest BCUT2D eigenvalue weighted by Gasteiger charge is -2.17. The van der Waals surface area contributed by atoms with Crippen molar-refractivity contribution in [2.75, 3.05) is 13.6 Å². The first-order valence-corrected chi connectivity index (χ1v) is 5.59. The molecule has 4 heteroatoms. The lowest BCUT2D eigenvalue weighted by atomic mass is 10.2. The molecule has 0 heterocycles. The van der Waals surface area contributed by atoms with Gasteiger partial charge in [0.25, 0.3) is 5.91 Å². The number of carbonyl (C=O) groups is 1. The topological polar surface area (TPSA) is 20.3 Å². The Kier molecular flexibility index (Phi) is 4.74. The van der Waals surface area contributed by atoms with Crippen LogP contribution in [0.2, 0.25) is 0 Å². The lowest BCUT2D eigenvalue weighted by molar-refractivity contribution is 0.0793. The van der Waals surface area contributed by atoms with Crippen LogP contribution in [-0.2, 0) is 0 Å². The van der Waals surface area contributed by atoms with Crippen LogP contribution in [0.3, 0.4) is 0 Å². The molecule has 0 saturated heterocycles. The SMILES string of the molecule is CC(Cl)CCN(C)C(=O)c1cccc(F)c1. The largest absolute Gasteiger partial charge is 0.342 e. The van der Waals surface area contributed by atoms with Gasteiger partial charge in [0.05, 0.1) is 0 Å². The summed E-state index contributed by atoms with van der Waals surface area (Å²) >= 11 is 5.80. The van der Waals surface area contributed by atoms with Crippen LogP contribution in [0, 0.1) is 5.82 Å². The molecule has 1 aromatic rings. The molecule has 0 spiro atoms. The van der Waals surface area contributed by atoms with Gasteiger partial charge in [-0.1, -0.05) is 6.07 Å². The molecule has 16 heavy (non-hydrogen) atoms. The molecule has 1 rings (SSSR count). The fourth-order valence-corrected chi connectivity index (χ4v) is 1.41. The highest BCUT2D eigenvalue weighted by molar-refractivity contribution is 6.20. The van der Waals surface area contributed by atoms with Crippen molar-refractivity contribution in [3.8, 4) is 0 Å². The molecule has 0 bridgehead atoms. The second-order valence-corrected chi connectivity index (χ2v) is 4.55. The molecule has 0 fully saturated rings. The van der Waals surface area contributed by atoms with E-state index in [-0.39, 0.29) is 11.3 Å². The average Bonchev–Trinajstić information content (AvgIpc) is 2.24. The predicted octanol–water partition coefficient (Wildman–Crippen LogP) is 2.92. The summed E-state index contributed by atoms with van der Waals surface area (Å²) in [4.78, 5) is 13.4. The van der Waals surface area contributed by atoms with Gasteiger partial charge in [0, 0.05) is 24.5 Å². The highest BCUT2D eigenvalue weighted by atomic mass is 35.5. The van der Waals surface area contributed by atoms with Crippen LogP contribution in [-0.4, -0.2) is 29.8 Å². The van der Waals surface area contributed by atoms with Crippen LogP contribution in [0.25, 0.3) is 0 Å². The molecule has 0 aliphatic carbocycles. The zero-order valence-corrected chi connectivity index (χ0v) is 10.2. The Bertz CT molecular complexity index is 368. The van der Waals surface area contributed by atoms with Gasteiger partial charge in [0.1, 0.15) is 5.82 Å². The van der Waals surface area contributed by atoms with Gasteiger partial charge >= 0.3 is 0 Å². The molecule has 0 aliphatic heterocycles. The Balaban J connectivity index is 2.63. The van der Waals surface area contributed by atoms with Gasteiger partial charge in [-0.15, -0.1) is 11.6 Å². The minimum Gasteiger partial charge on any atom is -0.342 e. The number of halogens is 2. The van der Waals surface area contributed by atoms with Gasteiger partial charge in [-0.3, -0.25) is 4.79 Å². The summed E-state index contributed by atoms with van der Waals surface area (Å²) in [7, 11) is 1.69. The summed E-state index contributed by atoms with van der Waals surface area (Å²) in [6.07, 6.45) is 0.721. The molecular weight excluding hydrogens is 229 g/mol. The number of rotatable bonds is 4. The lowest BCUT2D eigenvalue weighted by Crippen LogP contribution is -2.28. The van der Waals surface area contributed by atoms with Crippen LogP contribution in [0.4, 0.5) is 4.39 Å². The number of hydrogen-bond acceptors (Lipinski definition) is 1. The van der Waals surface area contributed by atoms with Crippen molar-refractivity contribution < 1.29 is 9.18 Å². The fourth-order valence-electron chi connectivity index (χ4n) is 1.31. The van der Waals surface area contributed by atoms with E-state index in [2.05, 4.69) is 0 Å². The Morgan fingerprint density at radius 3 is 2.81 bits per heavy atom. The standard InChI is InChI=1S/C12H15ClFNO/c1-9(13)6-7-15(2)12(16)10-4-3-5-11(14)8-10/h3-5,8-9H,6-7H2,1-2H3. The maximum atomic E-state index is 12.9. The monoisotopic (exact) mass is 243 g/mol. The molecule has 0 radical (unpaired) electrons. The molecule has 2 nitrogen and oxygen atoms in total. The van der Waals surface area contributed by atoms with Crippen molar-refractivity contribution in [1.82, 2.24) is 4.90 Å². The van der Waals surface area contributed by atoms with Crippen LogP contribution in [0.1, 0.15) is 23.7 Å². The van der Waals surface area contributed by atoms with Crippen molar-refractivity contribution in [3.05, 3.63) is 35.6 Å². The molecule has 1 unspecified atom stereocenters. The first kappa shape index (κ1) is 13.0. The number of carbonyl (C=O) groups excluding carboxylic acids is 1. The third kappa shape index (κ3) is 3.81. The van der Waals surface area contributed by atoms with E-state index in [9.17, 15) is 9.18 Å². The number of hydrogen-bond donors (Lipinski definition) is 0. The average molecular weight is 244 g/mol. The minimum atomic E-state index is -0.398. The Labute approximate surface area is 100 Å². The third-order valence-electron chi connectivity index (χ3n) is 2.28. The van der Waals surface area contributed by atoms with Crippen LogP contribution < -0.4 is 0 Å². The van der Waals surface area contributed by atoms with Gasteiger partial charge in [0.2, 0.25) is 0 Å². The molecule has 0 N–H and O–H groups in total. The van der Waals surface area contributed by atoms with Crippen molar-refractivity contribution in [1.29, 1.82) is 0 Å². The number of amides is 1. The molecule has 0 aliphatic rings. The van der Waals surface area contributed by atoms with Crippen molar-refractivity contribution in [3.63, 3.8) is 0 Å². The van der Waals surface area contributed by atoms with Crippen molar-refractivity contribution in [2.45, 2.75) is 18.7 Å². The Morgan fingerprint density at radius 1 is 1.56 bits per heavy atom. The van der Waals surface area contributed by atoms with Gasteiger partial charge < -0.3 is 4.90 Å². The Morgan fingerprint density at radius 2 is 2.25 bits per heavy atom. The van der Waals surface area contributed by atoms with E-state index in [4.69, 9.17) is 11.6 Å². The molecule has 0 saturated carbocycles.